The Hall–Kier alpha value is -4.07. The van der Waals surface area contributed by atoms with E-state index >= 15 is 0 Å². The minimum absolute atomic E-state index is 0.201. The summed E-state index contributed by atoms with van der Waals surface area (Å²) in [5.41, 5.74) is 3.65. The summed E-state index contributed by atoms with van der Waals surface area (Å²) in [5, 5.41) is 0. The first-order valence-corrected chi connectivity index (χ1v) is 10.3. The zero-order valence-electron chi connectivity index (χ0n) is 18.4. The summed E-state index contributed by atoms with van der Waals surface area (Å²) >= 11 is 0. The van der Waals surface area contributed by atoms with Crippen molar-refractivity contribution in [3.63, 3.8) is 0 Å². The van der Waals surface area contributed by atoms with Gasteiger partial charge in [-0.05, 0) is 43.7 Å². The number of benzene rings is 2. The largest absolute Gasteiger partial charge is 0.497 e. The molecule has 0 atom stereocenters. The van der Waals surface area contributed by atoms with Gasteiger partial charge < -0.3 is 4.74 Å². The molecule has 0 saturated carbocycles. The lowest BCUT2D eigenvalue weighted by Crippen LogP contribution is -2.39. The van der Waals surface area contributed by atoms with Crippen LogP contribution in [0.25, 0.3) is 22.6 Å². The van der Waals surface area contributed by atoms with Crippen LogP contribution in [0.4, 0.5) is 0 Å². The maximum absolute atomic E-state index is 13.5. The number of fused-ring (bicyclic) bond motifs is 3. The Bertz CT molecular complexity index is 1590. The number of rotatable bonds is 4. The molecule has 0 spiro atoms. The predicted octanol–water partition coefficient (Wildman–Crippen LogP) is 2.81. The standard InChI is InChI=1S/C24H23N5O3/c1-15-16(2)29-20-21(25-23(29)28(15)18-10-12-19(32-4)13-11-18)26(3)24(31)27(22(20)30)14-17-8-6-5-7-9-17/h5-13H,14H2,1-4H3. The molecule has 32 heavy (non-hydrogen) atoms. The molecule has 0 saturated heterocycles. The van der Waals surface area contributed by atoms with Crippen LogP contribution in [-0.2, 0) is 13.6 Å². The van der Waals surface area contributed by atoms with Gasteiger partial charge in [-0.25, -0.2) is 4.79 Å². The second-order valence-corrected chi connectivity index (χ2v) is 7.84. The fourth-order valence-corrected chi connectivity index (χ4v) is 4.20. The summed E-state index contributed by atoms with van der Waals surface area (Å²) in [6.45, 7) is 4.15. The number of imidazole rings is 2. The third kappa shape index (κ3) is 2.80. The highest BCUT2D eigenvalue weighted by Gasteiger charge is 2.23. The highest BCUT2D eigenvalue weighted by atomic mass is 16.5. The molecular weight excluding hydrogens is 406 g/mol. The number of methoxy groups -OCH3 is 1. The van der Waals surface area contributed by atoms with Crippen molar-refractivity contribution in [3.05, 3.63) is 92.4 Å². The molecule has 8 nitrogen and oxygen atoms in total. The first kappa shape index (κ1) is 19.9. The highest BCUT2D eigenvalue weighted by Crippen LogP contribution is 2.25. The van der Waals surface area contributed by atoms with E-state index < -0.39 is 5.69 Å². The molecule has 0 fully saturated rings. The van der Waals surface area contributed by atoms with Gasteiger partial charge in [0, 0.05) is 24.1 Å². The van der Waals surface area contributed by atoms with Crippen LogP contribution >= 0.6 is 0 Å². The SMILES string of the molecule is COc1ccc(-n2c(C)c(C)n3c4c(=O)n(Cc5ccccc5)c(=O)n(C)c4nc23)cc1. The van der Waals surface area contributed by atoms with Crippen LogP contribution in [0, 0.1) is 13.8 Å². The molecular formula is C24H23N5O3. The van der Waals surface area contributed by atoms with Gasteiger partial charge in [-0.15, -0.1) is 0 Å². The van der Waals surface area contributed by atoms with Crippen molar-refractivity contribution in [1.82, 2.24) is 23.1 Å². The molecule has 5 rings (SSSR count). The van der Waals surface area contributed by atoms with E-state index in [1.165, 1.54) is 9.13 Å². The Labute approximate surface area is 183 Å². The quantitative estimate of drug-likeness (QED) is 0.440. The Morgan fingerprint density at radius 3 is 2.28 bits per heavy atom. The van der Waals surface area contributed by atoms with E-state index in [9.17, 15) is 9.59 Å². The van der Waals surface area contributed by atoms with Gasteiger partial charge in [0.2, 0.25) is 5.78 Å². The van der Waals surface area contributed by atoms with Crippen LogP contribution in [-0.4, -0.2) is 30.2 Å². The third-order valence-electron chi connectivity index (χ3n) is 6.03. The normalized spacial score (nSPS) is 11.5. The van der Waals surface area contributed by atoms with Gasteiger partial charge in [-0.1, -0.05) is 30.3 Å². The molecule has 162 valence electrons. The van der Waals surface area contributed by atoms with Crippen molar-refractivity contribution >= 4 is 16.9 Å². The first-order valence-electron chi connectivity index (χ1n) is 10.3. The molecule has 0 radical (unpaired) electrons. The Morgan fingerprint density at radius 1 is 0.938 bits per heavy atom. The van der Waals surface area contributed by atoms with Gasteiger partial charge in [0.1, 0.15) is 5.75 Å². The molecule has 2 aromatic carbocycles. The molecule has 0 aliphatic heterocycles. The summed E-state index contributed by atoms with van der Waals surface area (Å²) in [6.07, 6.45) is 0. The smallest absolute Gasteiger partial charge is 0.332 e. The summed E-state index contributed by atoms with van der Waals surface area (Å²) in [6, 6.07) is 17.1. The van der Waals surface area contributed by atoms with Gasteiger partial charge >= 0.3 is 5.69 Å². The number of aromatic nitrogens is 5. The van der Waals surface area contributed by atoms with Crippen molar-refractivity contribution in [3.8, 4) is 11.4 Å². The molecule has 3 heterocycles. The predicted molar refractivity (Wildman–Crippen MR) is 123 cm³/mol. The molecule has 0 amide bonds. The van der Waals surface area contributed by atoms with E-state index in [0.29, 0.717) is 16.9 Å². The van der Waals surface area contributed by atoms with E-state index in [0.717, 1.165) is 28.4 Å². The minimum atomic E-state index is -0.391. The lowest BCUT2D eigenvalue weighted by atomic mass is 10.2. The fraction of sp³-hybridized carbons (Fsp3) is 0.208. The summed E-state index contributed by atoms with van der Waals surface area (Å²) in [4.78, 5) is 31.3. The highest BCUT2D eigenvalue weighted by molar-refractivity contribution is 5.77. The monoisotopic (exact) mass is 429 g/mol. The van der Waals surface area contributed by atoms with Crippen LogP contribution in [0.2, 0.25) is 0 Å². The minimum Gasteiger partial charge on any atom is -0.497 e. The number of ether oxygens (including phenoxy) is 1. The number of aryl methyl sites for hydroxylation is 2. The zero-order chi connectivity index (χ0) is 22.6. The van der Waals surface area contributed by atoms with Crippen molar-refractivity contribution in [1.29, 1.82) is 0 Å². The van der Waals surface area contributed by atoms with Gasteiger partial charge in [0.25, 0.3) is 5.56 Å². The van der Waals surface area contributed by atoms with E-state index in [-0.39, 0.29) is 12.1 Å². The molecule has 0 aliphatic carbocycles. The van der Waals surface area contributed by atoms with Gasteiger partial charge in [0.15, 0.2) is 11.2 Å². The second-order valence-electron chi connectivity index (χ2n) is 7.84. The average molecular weight is 429 g/mol. The summed E-state index contributed by atoms with van der Waals surface area (Å²) < 4.78 is 11.8. The van der Waals surface area contributed by atoms with Gasteiger partial charge in [0.05, 0.1) is 13.7 Å². The lowest BCUT2D eigenvalue weighted by Gasteiger charge is -2.09. The molecule has 8 heteroatoms. The second kappa shape index (κ2) is 7.26. The summed E-state index contributed by atoms with van der Waals surface area (Å²) in [7, 11) is 3.28. The fourth-order valence-electron chi connectivity index (χ4n) is 4.20. The van der Waals surface area contributed by atoms with Crippen molar-refractivity contribution in [2.24, 2.45) is 7.05 Å². The van der Waals surface area contributed by atoms with Crippen molar-refractivity contribution in [2.75, 3.05) is 7.11 Å². The van der Waals surface area contributed by atoms with Crippen LogP contribution in [0.15, 0.2) is 64.2 Å². The molecule has 0 aliphatic rings. The van der Waals surface area contributed by atoms with Crippen LogP contribution in [0.1, 0.15) is 17.0 Å². The van der Waals surface area contributed by atoms with Crippen LogP contribution in [0.3, 0.4) is 0 Å². The Morgan fingerprint density at radius 2 is 1.62 bits per heavy atom. The molecule has 0 N–H and O–H groups in total. The Kier molecular flexibility index (Phi) is 4.51. The molecule has 0 unspecified atom stereocenters. The third-order valence-corrected chi connectivity index (χ3v) is 6.03. The maximum atomic E-state index is 13.5. The zero-order valence-corrected chi connectivity index (χ0v) is 18.4. The molecule has 5 aromatic rings. The molecule has 3 aromatic heterocycles. The average Bonchev–Trinajstić information content (AvgIpc) is 3.31. The van der Waals surface area contributed by atoms with Crippen LogP contribution in [0.5, 0.6) is 5.75 Å². The number of hydrogen-bond acceptors (Lipinski definition) is 4. The van der Waals surface area contributed by atoms with Gasteiger partial charge in [-0.3, -0.25) is 22.9 Å². The maximum Gasteiger partial charge on any atom is 0.332 e. The van der Waals surface area contributed by atoms with E-state index in [1.54, 1.807) is 14.2 Å². The van der Waals surface area contributed by atoms with E-state index in [2.05, 4.69) is 0 Å². The molecule has 0 bridgehead atoms. The van der Waals surface area contributed by atoms with Crippen molar-refractivity contribution < 1.29 is 4.74 Å². The van der Waals surface area contributed by atoms with E-state index in [4.69, 9.17) is 9.72 Å². The van der Waals surface area contributed by atoms with E-state index in [1.807, 2.05) is 77.4 Å². The lowest BCUT2D eigenvalue weighted by molar-refractivity contribution is 0.415. The van der Waals surface area contributed by atoms with Crippen LogP contribution < -0.4 is 16.0 Å². The first-order chi connectivity index (χ1) is 15.4. The van der Waals surface area contributed by atoms with Crippen molar-refractivity contribution in [2.45, 2.75) is 20.4 Å². The van der Waals surface area contributed by atoms with Gasteiger partial charge in [-0.2, -0.15) is 4.98 Å². The topological polar surface area (TPSA) is 75.5 Å². The number of nitrogens with zero attached hydrogens (tertiary/aromatic N) is 5. The number of hydrogen-bond donors (Lipinski definition) is 0. The Balaban J connectivity index is 1.82. The summed E-state index contributed by atoms with van der Waals surface area (Å²) in [5.74, 6) is 1.34.